The van der Waals surface area contributed by atoms with Gasteiger partial charge in [-0.1, -0.05) is 18.2 Å². The van der Waals surface area contributed by atoms with Gasteiger partial charge < -0.3 is 9.72 Å². The summed E-state index contributed by atoms with van der Waals surface area (Å²) in [6.45, 7) is 0.855. The van der Waals surface area contributed by atoms with Crippen LogP contribution in [0, 0.1) is 0 Å². The number of imidazole rings is 1. The zero-order chi connectivity index (χ0) is 10.8. The van der Waals surface area contributed by atoms with Crippen molar-refractivity contribution in [1.29, 1.82) is 0 Å². The fourth-order valence-corrected chi connectivity index (χ4v) is 2.11. The third-order valence-electron chi connectivity index (χ3n) is 2.99. The molecule has 1 aliphatic carbocycles. The van der Waals surface area contributed by atoms with Gasteiger partial charge in [-0.2, -0.15) is 0 Å². The van der Waals surface area contributed by atoms with Gasteiger partial charge in [-0.05, 0) is 25.0 Å². The van der Waals surface area contributed by atoms with Gasteiger partial charge in [-0.3, -0.25) is 0 Å². The summed E-state index contributed by atoms with van der Waals surface area (Å²) in [6, 6.07) is 6.67. The maximum Gasteiger partial charge on any atom is 0.137 e. The molecule has 0 saturated heterocycles. The first kappa shape index (κ1) is 9.60. The monoisotopic (exact) mass is 213 g/mol. The second-order valence-corrected chi connectivity index (χ2v) is 4.22. The first-order valence-corrected chi connectivity index (χ1v) is 5.73. The van der Waals surface area contributed by atoms with Crippen LogP contribution < -0.4 is 5.32 Å². The van der Waals surface area contributed by atoms with Crippen LogP contribution in [0.1, 0.15) is 18.5 Å². The molecular formula is C13H15N3. The van der Waals surface area contributed by atoms with Crippen LogP contribution >= 0.6 is 0 Å². The van der Waals surface area contributed by atoms with E-state index in [-0.39, 0.29) is 0 Å². The maximum absolute atomic E-state index is 4.55. The summed E-state index contributed by atoms with van der Waals surface area (Å²) in [6.07, 6.45) is 10.9. The highest BCUT2D eigenvalue weighted by molar-refractivity contribution is 5.39. The lowest BCUT2D eigenvalue weighted by Crippen LogP contribution is -2.25. The Morgan fingerprint density at radius 1 is 1.31 bits per heavy atom. The molecule has 0 aromatic carbocycles. The van der Waals surface area contributed by atoms with Gasteiger partial charge in [-0.25, -0.2) is 4.98 Å². The molecule has 82 valence electrons. The van der Waals surface area contributed by atoms with Crippen molar-refractivity contribution in [3.63, 3.8) is 0 Å². The minimum absolute atomic E-state index is 0.602. The maximum atomic E-state index is 4.55. The first-order chi connectivity index (χ1) is 7.92. The van der Waals surface area contributed by atoms with Crippen molar-refractivity contribution in [3.8, 4) is 0 Å². The predicted octanol–water partition coefficient (Wildman–Crippen LogP) is 2.14. The summed E-state index contributed by atoms with van der Waals surface area (Å²) < 4.78 is 2.06. The molecule has 16 heavy (non-hydrogen) atoms. The van der Waals surface area contributed by atoms with E-state index < -0.39 is 0 Å². The minimum Gasteiger partial charge on any atom is -0.308 e. The number of hydrogen-bond donors (Lipinski definition) is 1. The molecule has 0 aliphatic heterocycles. The number of pyridine rings is 1. The van der Waals surface area contributed by atoms with Gasteiger partial charge in [0.25, 0.3) is 0 Å². The number of fused-ring (bicyclic) bond motifs is 1. The van der Waals surface area contributed by atoms with Crippen LogP contribution in [0.4, 0.5) is 0 Å². The van der Waals surface area contributed by atoms with Crippen molar-refractivity contribution in [1.82, 2.24) is 14.7 Å². The lowest BCUT2D eigenvalue weighted by atomic mass is 10.2. The summed E-state index contributed by atoms with van der Waals surface area (Å²) in [7, 11) is 0. The molecule has 1 N–H and O–H groups in total. The lowest BCUT2D eigenvalue weighted by molar-refractivity contribution is 0.534. The fourth-order valence-electron chi connectivity index (χ4n) is 2.11. The molecule has 1 aliphatic rings. The van der Waals surface area contributed by atoms with Crippen LogP contribution in [-0.2, 0) is 6.54 Å². The summed E-state index contributed by atoms with van der Waals surface area (Å²) in [5.41, 5.74) is 2.13. The number of aromatic nitrogens is 2. The molecule has 3 nitrogen and oxygen atoms in total. The van der Waals surface area contributed by atoms with Crippen LogP contribution in [0.15, 0.2) is 42.7 Å². The molecule has 0 unspecified atom stereocenters. The average Bonchev–Trinajstić information content (AvgIpc) is 2.95. The zero-order valence-corrected chi connectivity index (χ0v) is 9.13. The summed E-state index contributed by atoms with van der Waals surface area (Å²) in [4.78, 5) is 4.55. The molecule has 0 bridgehead atoms. The van der Waals surface area contributed by atoms with E-state index in [9.17, 15) is 0 Å². The van der Waals surface area contributed by atoms with E-state index in [0.29, 0.717) is 6.04 Å². The Balaban J connectivity index is 1.69. The third kappa shape index (κ3) is 1.86. The van der Waals surface area contributed by atoms with Crippen LogP contribution in [0.25, 0.3) is 5.65 Å². The molecule has 0 spiro atoms. The molecule has 0 saturated carbocycles. The van der Waals surface area contributed by atoms with Gasteiger partial charge in [-0.15, -0.1) is 0 Å². The number of hydrogen-bond acceptors (Lipinski definition) is 2. The van der Waals surface area contributed by atoms with E-state index in [1.54, 1.807) is 0 Å². The van der Waals surface area contributed by atoms with Crippen molar-refractivity contribution >= 4 is 5.65 Å². The van der Waals surface area contributed by atoms with Gasteiger partial charge >= 0.3 is 0 Å². The fraction of sp³-hybridized carbons (Fsp3) is 0.308. The molecule has 3 heteroatoms. The van der Waals surface area contributed by atoms with E-state index in [2.05, 4.69) is 33.1 Å². The Labute approximate surface area is 94.8 Å². The Morgan fingerprint density at radius 3 is 3.00 bits per heavy atom. The second kappa shape index (κ2) is 4.10. The predicted molar refractivity (Wildman–Crippen MR) is 64.2 cm³/mol. The molecule has 2 heterocycles. The Morgan fingerprint density at radius 2 is 2.19 bits per heavy atom. The van der Waals surface area contributed by atoms with E-state index in [1.807, 2.05) is 24.4 Å². The van der Waals surface area contributed by atoms with Gasteiger partial charge in [0, 0.05) is 25.0 Å². The molecule has 0 fully saturated rings. The highest BCUT2D eigenvalue weighted by atomic mass is 15.0. The Kier molecular flexibility index (Phi) is 2.46. The molecule has 2 aromatic rings. The van der Waals surface area contributed by atoms with Crippen LogP contribution in [-0.4, -0.2) is 15.4 Å². The first-order valence-electron chi connectivity index (χ1n) is 5.73. The summed E-state index contributed by atoms with van der Waals surface area (Å²) in [5.74, 6) is 0. The van der Waals surface area contributed by atoms with Crippen molar-refractivity contribution in [3.05, 3.63) is 48.4 Å². The summed E-state index contributed by atoms with van der Waals surface area (Å²) in [5, 5.41) is 3.52. The highest BCUT2D eigenvalue weighted by Gasteiger charge is 2.09. The quantitative estimate of drug-likeness (QED) is 0.791. The van der Waals surface area contributed by atoms with Crippen LogP contribution in [0.2, 0.25) is 0 Å². The van der Waals surface area contributed by atoms with E-state index in [0.717, 1.165) is 30.7 Å². The normalized spacial score (nSPS) is 16.2. The van der Waals surface area contributed by atoms with Gasteiger partial charge in [0.15, 0.2) is 0 Å². The topological polar surface area (TPSA) is 29.3 Å². The van der Waals surface area contributed by atoms with Gasteiger partial charge in [0.05, 0.1) is 5.69 Å². The zero-order valence-electron chi connectivity index (χ0n) is 9.13. The SMILES string of the molecule is C1=CCC(NCc2cn3ccccc3n2)C1. The Bertz CT molecular complexity index is 472. The van der Waals surface area contributed by atoms with E-state index in [1.165, 1.54) is 0 Å². The van der Waals surface area contributed by atoms with Crippen molar-refractivity contribution in [2.24, 2.45) is 0 Å². The summed E-state index contributed by atoms with van der Waals surface area (Å²) >= 11 is 0. The van der Waals surface area contributed by atoms with E-state index >= 15 is 0 Å². The average molecular weight is 213 g/mol. The lowest BCUT2D eigenvalue weighted by Gasteiger charge is -2.09. The van der Waals surface area contributed by atoms with Gasteiger partial charge in [0.2, 0.25) is 0 Å². The molecule has 0 amide bonds. The van der Waals surface area contributed by atoms with Crippen molar-refractivity contribution in [2.75, 3.05) is 0 Å². The molecule has 3 rings (SSSR count). The molecule has 0 atom stereocenters. The third-order valence-corrected chi connectivity index (χ3v) is 2.99. The van der Waals surface area contributed by atoms with Crippen molar-refractivity contribution in [2.45, 2.75) is 25.4 Å². The molecule has 2 aromatic heterocycles. The van der Waals surface area contributed by atoms with Crippen LogP contribution in [0.5, 0.6) is 0 Å². The largest absolute Gasteiger partial charge is 0.308 e. The second-order valence-electron chi connectivity index (χ2n) is 4.22. The minimum atomic E-state index is 0.602. The van der Waals surface area contributed by atoms with Crippen LogP contribution in [0.3, 0.4) is 0 Å². The standard InChI is InChI=1S/C13H15N3/c1-2-6-11(5-1)14-9-12-10-16-8-4-3-7-13(16)15-12/h1-4,7-8,10-11,14H,5-6,9H2. The van der Waals surface area contributed by atoms with Gasteiger partial charge in [0.1, 0.15) is 5.65 Å². The highest BCUT2D eigenvalue weighted by Crippen LogP contribution is 2.10. The van der Waals surface area contributed by atoms with E-state index in [4.69, 9.17) is 0 Å². The molecule has 0 radical (unpaired) electrons. The number of rotatable bonds is 3. The van der Waals surface area contributed by atoms with Crippen molar-refractivity contribution < 1.29 is 0 Å². The smallest absolute Gasteiger partial charge is 0.137 e. The Hall–Kier alpha value is -1.61. The number of nitrogens with one attached hydrogen (secondary N) is 1. The number of nitrogens with zero attached hydrogens (tertiary/aromatic N) is 2. The molecular weight excluding hydrogens is 198 g/mol.